The van der Waals surface area contributed by atoms with Crippen molar-refractivity contribution in [2.45, 2.75) is 83.0 Å². The molecule has 5 heterocycles. The lowest BCUT2D eigenvalue weighted by Crippen LogP contribution is -2.49. The number of aromatic nitrogens is 4. The van der Waals surface area contributed by atoms with Crippen molar-refractivity contribution in [3.05, 3.63) is 75.6 Å². The van der Waals surface area contributed by atoms with Gasteiger partial charge in [-0.25, -0.2) is 13.8 Å². The van der Waals surface area contributed by atoms with Crippen molar-refractivity contribution in [1.29, 1.82) is 0 Å². The number of hydrogen-bond donors (Lipinski definition) is 0. The first-order valence-electron chi connectivity index (χ1n) is 15.3. The molecule has 3 atom stereocenters. The molecule has 2 aromatic heterocycles. The second-order valence-electron chi connectivity index (χ2n) is 14.2. The number of amides is 1. The molecule has 0 saturated carbocycles. The molecule has 3 aliphatic rings. The van der Waals surface area contributed by atoms with Crippen molar-refractivity contribution >= 4 is 17.5 Å². The number of piperidine rings is 1. The van der Waals surface area contributed by atoms with E-state index in [9.17, 15) is 9.18 Å². The normalized spacial score (nSPS) is 23.9. The van der Waals surface area contributed by atoms with Crippen molar-refractivity contribution in [2.24, 2.45) is 13.0 Å². The van der Waals surface area contributed by atoms with Gasteiger partial charge in [0.05, 0.1) is 33.8 Å². The zero-order valence-corrected chi connectivity index (χ0v) is 27.3. The molecule has 11 heteroatoms. The Hall–Kier alpha value is -2.95. The summed E-state index contributed by atoms with van der Waals surface area (Å²) in [6, 6.07) is 5.64. The van der Waals surface area contributed by atoms with Gasteiger partial charge in [0.2, 0.25) is 5.91 Å². The second-order valence-corrected chi connectivity index (χ2v) is 14.6. The summed E-state index contributed by atoms with van der Waals surface area (Å²) in [4.78, 5) is 27.8. The maximum Gasteiger partial charge on any atom is 0.227 e. The highest BCUT2D eigenvalue weighted by atomic mass is 35.5. The smallest absolute Gasteiger partial charge is 0.227 e. The minimum Gasteiger partial charge on any atom is -0.359 e. The average molecular weight is 627 g/mol. The van der Waals surface area contributed by atoms with E-state index in [4.69, 9.17) is 21.3 Å². The predicted molar refractivity (Wildman–Crippen MR) is 163 cm³/mol. The van der Waals surface area contributed by atoms with Gasteiger partial charge in [-0.2, -0.15) is 5.10 Å². The van der Waals surface area contributed by atoms with Crippen molar-refractivity contribution in [3.63, 3.8) is 0 Å². The third kappa shape index (κ3) is 5.22. The number of halogens is 3. The molecule has 2 fully saturated rings. The van der Waals surface area contributed by atoms with Crippen molar-refractivity contribution in [1.82, 2.24) is 29.5 Å². The number of likely N-dealkylation sites (tertiary alicyclic amines) is 2. The van der Waals surface area contributed by atoms with E-state index in [2.05, 4.69) is 49.6 Å². The van der Waals surface area contributed by atoms with Crippen LogP contribution in [0.25, 0.3) is 0 Å². The van der Waals surface area contributed by atoms with Crippen LogP contribution in [-0.2, 0) is 27.6 Å². The molecule has 6 rings (SSSR count). The van der Waals surface area contributed by atoms with E-state index in [0.717, 1.165) is 23.0 Å². The van der Waals surface area contributed by atoms with E-state index in [1.54, 1.807) is 11.0 Å². The molecule has 0 bridgehead atoms. The van der Waals surface area contributed by atoms with Gasteiger partial charge in [0.15, 0.2) is 5.82 Å². The Morgan fingerprint density at radius 3 is 2.39 bits per heavy atom. The number of aryl methyl sites for hydroxylation is 2. The Kier molecular flexibility index (Phi) is 7.65. The fraction of sp³-hybridized carbons (Fsp3) is 0.576. The van der Waals surface area contributed by atoms with Gasteiger partial charge in [0.1, 0.15) is 23.6 Å². The Bertz CT molecular complexity index is 1590. The predicted octanol–water partition coefficient (Wildman–Crippen LogP) is 5.83. The standard InChI is InChI=1S/C33H41ClF2N6O2/c1-19-25(34)15-22-27(38-19)33(44-28(22)32(5,6)30-37-18-40(7)39-30)10-12-41(13-11-33)29(43)24-17-42(31(2,3)4)16-23(24)21-9-8-20(35)14-26(21)36/h8-9,14-15,18,23-24,28H,10-13,16-17H2,1-7H3/t23-,24?,28?/m0/s1. The van der Waals surface area contributed by atoms with E-state index in [1.807, 2.05) is 24.9 Å². The molecule has 2 unspecified atom stereocenters. The SMILES string of the molecule is Cc1nc2c(cc1Cl)C(C(C)(C)c1ncn(C)n1)OC21CCN(C(=O)C2CN(C(C)(C)C)C[C@H]2c2ccc(F)cc2F)CC1. The molecule has 1 spiro atoms. The Labute approximate surface area is 262 Å². The van der Waals surface area contributed by atoms with Crippen LogP contribution >= 0.6 is 11.6 Å². The van der Waals surface area contributed by atoms with E-state index in [0.29, 0.717) is 55.4 Å². The van der Waals surface area contributed by atoms with Gasteiger partial charge in [-0.3, -0.25) is 19.4 Å². The largest absolute Gasteiger partial charge is 0.359 e. The Balaban J connectivity index is 1.27. The topological polar surface area (TPSA) is 76.4 Å². The van der Waals surface area contributed by atoms with Crippen molar-refractivity contribution in [3.8, 4) is 0 Å². The lowest BCUT2D eigenvalue weighted by atomic mass is 9.81. The minimum absolute atomic E-state index is 0.00615. The molecule has 0 aliphatic carbocycles. The Morgan fingerprint density at radius 1 is 1.07 bits per heavy atom. The number of nitrogens with zero attached hydrogens (tertiary/aromatic N) is 6. The molecule has 3 aromatic rings. The fourth-order valence-electron chi connectivity index (χ4n) is 7.19. The van der Waals surface area contributed by atoms with Gasteiger partial charge in [0, 0.05) is 56.3 Å². The molecule has 2 saturated heterocycles. The summed E-state index contributed by atoms with van der Waals surface area (Å²) in [6.07, 6.45) is 2.43. The van der Waals surface area contributed by atoms with E-state index < -0.39 is 28.6 Å². The molecule has 1 aromatic carbocycles. The molecule has 0 N–H and O–H groups in total. The highest BCUT2D eigenvalue weighted by Gasteiger charge is 2.55. The molecular weight excluding hydrogens is 586 g/mol. The summed E-state index contributed by atoms with van der Waals surface area (Å²) in [6.45, 7) is 14.3. The highest BCUT2D eigenvalue weighted by molar-refractivity contribution is 6.31. The number of fused-ring (bicyclic) bond motifs is 2. The summed E-state index contributed by atoms with van der Waals surface area (Å²) in [5.41, 5.74) is 1.47. The van der Waals surface area contributed by atoms with Gasteiger partial charge >= 0.3 is 0 Å². The quantitative estimate of drug-likeness (QED) is 0.363. The molecule has 0 radical (unpaired) electrons. The molecule has 3 aliphatic heterocycles. The third-order valence-electron chi connectivity index (χ3n) is 9.90. The van der Waals surface area contributed by atoms with Gasteiger partial charge in [0.25, 0.3) is 0 Å². The number of carbonyl (C=O) groups is 1. The first-order valence-corrected chi connectivity index (χ1v) is 15.7. The monoisotopic (exact) mass is 626 g/mol. The minimum atomic E-state index is -0.687. The third-order valence-corrected chi connectivity index (χ3v) is 10.3. The maximum absolute atomic E-state index is 15.0. The molecule has 1 amide bonds. The Morgan fingerprint density at radius 2 is 1.77 bits per heavy atom. The van der Waals surface area contributed by atoms with Crippen LogP contribution in [0.1, 0.15) is 87.8 Å². The van der Waals surface area contributed by atoms with Crippen LogP contribution < -0.4 is 0 Å². The highest BCUT2D eigenvalue weighted by Crippen LogP contribution is 2.55. The number of carbonyl (C=O) groups excluding carboxylic acids is 1. The summed E-state index contributed by atoms with van der Waals surface area (Å²) in [5, 5.41) is 5.17. The average Bonchev–Trinajstić information content (AvgIpc) is 3.67. The zero-order chi connectivity index (χ0) is 31.8. The number of rotatable bonds is 4. The van der Waals surface area contributed by atoms with E-state index in [-0.39, 0.29) is 23.5 Å². The van der Waals surface area contributed by atoms with Crippen molar-refractivity contribution in [2.75, 3.05) is 26.2 Å². The van der Waals surface area contributed by atoms with Crippen LogP contribution in [0.5, 0.6) is 0 Å². The lowest BCUT2D eigenvalue weighted by molar-refractivity contribution is -0.151. The van der Waals surface area contributed by atoms with Crippen LogP contribution in [0, 0.1) is 24.5 Å². The van der Waals surface area contributed by atoms with Crippen LogP contribution in [-0.4, -0.2) is 67.2 Å². The molecule has 44 heavy (non-hydrogen) atoms. The first-order chi connectivity index (χ1) is 20.6. The maximum atomic E-state index is 15.0. The summed E-state index contributed by atoms with van der Waals surface area (Å²) < 4.78 is 37.5. The van der Waals surface area contributed by atoms with Crippen LogP contribution in [0.15, 0.2) is 30.6 Å². The first kappa shape index (κ1) is 31.0. The number of hydrogen-bond acceptors (Lipinski definition) is 6. The van der Waals surface area contributed by atoms with Gasteiger partial charge in [-0.05, 0) is 72.1 Å². The summed E-state index contributed by atoms with van der Waals surface area (Å²) in [7, 11) is 1.84. The summed E-state index contributed by atoms with van der Waals surface area (Å²) >= 11 is 6.59. The molecule has 8 nitrogen and oxygen atoms in total. The number of pyridine rings is 1. The van der Waals surface area contributed by atoms with Crippen LogP contribution in [0.2, 0.25) is 5.02 Å². The summed E-state index contributed by atoms with van der Waals surface area (Å²) in [5.74, 6) is -1.38. The van der Waals surface area contributed by atoms with Gasteiger partial charge < -0.3 is 9.64 Å². The van der Waals surface area contributed by atoms with Crippen LogP contribution in [0.4, 0.5) is 8.78 Å². The number of ether oxygens (including phenoxy) is 1. The van der Waals surface area contributed by atoms with Gasteiger partial charge in [-0.1, -0.05) is 17.7 Å². The van der Waals surface area contributed by atoms with E-state index >= 15 is 4.39 Å². The van der Waals surface area contributed by atoms with Crippen molar-refractivity contribution < 1.29 is 18.3 Å². The van der Waals surface area contributed by atoms with Crippen LogP contribution in [0.3, 0.4) is 0 Å². The second kappa shape index (κ2) is 10.8. The zero-order valence-electron chi connectivity index (χ0n) is 26.5. The van der Waals surface area contributed by atoms with E-state index in [1.165, 1.54) is 12.1 Å². The molecule has 236 valence electrons. The lowest BCUT2D eigenvalue weighted by Gasteiger charge is -2.41. The fourth-order valence-corrected chi connectivity index (χ4v) is 7.35. The van der Waals surface area contributed by atoms with Gasteiger partial charge in [-0.15, -0.1) is 0 Å². The molecular formula is C33H41ClF2N6O2. The number of benzene rings is 1.